The molecular weight excluding hydrogens is 106 g/mol. The highest BCUT2D eigenvalue weighted by atomic mass is 16.5. The van der Waals surface area contributed by atoms with Crippen LogP contribution in [-0.4, -0.2) is 19.1 Å². The first-order chi connectivity index (χ1) is 3.18. The van der Waals surface area contributed by atoms with Gasteiger partial charge in [0.25, 0.3) is 0 Å². The number of carbonyl (C=O) groups excluding carboxylic acids is 1. The molecule has 0 aromatic heterocycles. The Labute approximate surface area is 49.8 Å². The van der Waals surface area contributed by atoms with Crippen molar-refractivity contribution in [3.8, 4) is 0 Å². The Balaban J connectivity index is 0. The van der Waals surface area contributed by atoms with Crippen molar-refractivity contribution in [1.29, 1.82) is 0 Å². The Morgan fingerprint density at radius 3 is 2.12 bits per heavy atom. The third kappa shape index (κ3) is 3.61. The van der Waals surface area contributed by atoms with E-state index < -0.39 is 6.04 Å². The maximum absolute atomic E-state index is 10.2. The minimum atomic E-state index is -0.495. The summed E-state index contributed by atoms with van der Waals surface area (Å²) in [6, 6.07) is -0.495. The van der Waals surface area contributed by atoms with Crippen molar-refractivity contribution in [3.63, 3.8) is 0 Å². The summed E-state index contributed by atoms with van der Waals surface area (Å²) in [5.74, 6) is -0.375. The zero-order chi connectivity index (χ0) is 5.86. The average molecular weight is 119 g/mol. The van der Waals surface area contributed by atoms with Gasteiger partial charge in [-0.25, -0.2) is 0 Å². The Morgan fingerprint density at radius 2 is 2.12 bits per heavy atom. The lowest BCUT2D eigenvalue weighted by Gasteiger charge is -1.98. The van der Waals surface area contributed by atoms with Crippen molar-refractivity contribution in [2.24, 2.45) is 5.73 Å². The molecule has 8 heavy (non-hydrogen) atoms. The molecule has 0 spiro atoms. The van der Waals surface area contributed by atoms with Gasteiger partial charge in [-0.15, -0.1) is 0 Å². The molecule has 0 amide bonds. The van der Waals surface area contributed by atoms with Crippen molar-refractivity contribution in [2.75, 3.05) is 7.11 Å². The van der Waals surface area contributed by atoms with Crippen LogP contribution < -0.4 is 5.73 Å². The average Bonchev–Trinajstić information content (AvgIpc) is 1.65. The van der Waals surface area contributed by atoms with Crippen molar-refractivity contribution >= 4 is 5.97 Å². The van der Waals surface area contributed by atoms with Gasteiger partial charge in [-0.1, -0.05) is 7.43 Å². The van der Waals surface area contributed by atoms with Crippen LogP contribution in [-0.2, 0) is 9.53 Å². The fourth-order valence-corrected chi connectivity index (χ4v) is 0.186. The zero-order valence-corrected chi connectivity index (χ0v) is 4.47. The van der Waals surface area contributed by atoms with Crippen molar-refractivity contribution in [1.82, 2.24) is 0 Å². The van der Waals surface area contributed by atoms with E-state index in [1.54, 1.807) is 6.92 Å². The van der Waals surface area contributed by atoms with Crippen LogP contribution >= 0.6 is 0 Å². The molecular formula is C5H13NO2. The zero-order valence-electron chi connectivity index (χ0n) is 4.47. The normalized spacial score (nSPS) is 11.4. The van der Waals surface area contributed by atoms with E-state index in [2.05, 4.69) is 4.74 Å². The molecule has 0 fully saturated rings. The predicted molar refractivity (Wildman–Crippen MR) is 32.4 cm³/mol. The second-order valence-corrected chi connectivity index (χ2v) is 1.31. The number of carbonyl (C=O) groups is 1. The topological polar surface area (TPSA) is 52.3 Å². The Kier molecular flexibility index (Phi) is 5.97. The lowest BCUT2D eigenvalue weighted by molar-refractivity contribution is -0.141. The summed E-state index contributed by atoms with van der Waals surface area (Å²) in [4.78, 5) is 10.2. The van der Waals surface area contributed by atoms with Crippen molar-refractivity contribution in [3.05, 3.63) is 0 Å². The lowest BCUT2D eigenvalue weighted by Crippen LogP contribution is -2.27. The Bertz CT molecular complexity index is 70.8. The molecule has 1 atom stereocenters. The third-order valence-corrected chi connectivity index (χ3v) is 0.573. The van der Waals surface area contributed by atoms with Gasteiger partial charge in [0.1, 0.15) is 6.04 Å². The summed E-state index contributed by atoms with van der Waals surface area (Å²) in [5.41, 5.74) is 5.07. The van der Waals surface area contributed by atoms with Gasteiger partial charge in [0.05, 0.1) is 7.11 Å². The molecule has 2 N–H and O–H groups in total. The summed E-state index contributed by atoms with van der Waals surface area (Å²) >= 11 is 0. The quantitative estimate of drug-likeness (QED) is 0.499. The largest absolute Gasteiger partial charge is 0.468 e. The summed E-state index contributed by atoms with van der Waals surface area (Å²) in [6.07, 6.45) is 0. The summed E-state index contributed by atoms with van der Waals surface area (Å²) in [6.45, 7) is 1.58. The van der Waals surface area contributed by atoms with E-state index in [0.717, 1.165) is 0 Å². The molecule has 0 aromatic rings. The smallest absolute Gasteiger partial charge is 0.322 e. The second-order valence-electron chi connectivity index (χ2n) is 1.31. The van der Waals surface area contributed by atoms with Gasteiger partial charge >= 0.3 is 5.97 Å². The minimum Gasteiger partial charge on any atom is -0.468 e. The fourth-order valence-electron chi connectivity index (χ4n) is 0.186. The number of rotatable bonds is 1. The molecule has 3 nitrogen and oxygen atoms in total. The molecule has 1 unspecified atom stereocenters. The van der Waals surface area contributed by atoms with Crippen molar-refractivity contribution in [2.45, 2.75) is 20.4 Å². The van der Waals surface area contributed by atoms with E-state index in [-0.39, 0.29) is 13.4 Å². The molecule has 3 heteroatoms. The molecule has 0 saturated heterocycles. The number of nitrogens with two attached hydrogens (primary N) is 1. The van der Waals surface area contributed by atoms with E-state index in [1.807, 2.05) is 0 Å². The van der Waals surface area contributed by atoms with Gasteiger partial charge in [-0.05, 0) is 6.92 Å². The molecule has 50 valence electrons. The predicted octanol–water partition coefficient (Wildman–Crippen LogP) is 0.143. The van der Waals surface area contributed by atoms with Crippen LogP contribution in [0.3, 0.4) is 0 Å². The molecule has 0 bridgehead atoms. The highest BCUT2D eigenvalue weighted by Gasteiger charge is 2.03. The van der Waals surface area contributed by atoms with Crippen LogP contribution in [0.4, 0.5) is 0 Å². The molecule has 0 aliphatic rings. The standard InChI is InChI=1S/C4H9NO2.CH4/c1-3(5)4(6)7-2;/h3H,5H2,1-2H3;1H4. The summed E-state index contributed by atoms with van der Waals surface area (Å²) in [5, 5.41) is 0. The molecule has 0 aliphatic carbocycles. The van der Waals surface area contributed by atoms with Crippen LogP contribution in [0.25, 0.3) is 0 Å². The number of hydrogen-bond donors (Lipinski definition) is 1. The highest BCUT2D eigenvalue weighted by molar-refractivity contribution is 5.74. The number of methoxy groups -OCH3 is 1. The van der Waals surface area contributed by atoms with Gasteiger partial charge in [-0.3, -0.25) is 4.79 Å². The maximum atomic E-state index is 10.2. The van der Waals surface area contributed by atoms with Gasteiger partial charge in [-0.2, -0.15) is 0 Å². The van der Waals surface area contributed by atoms with E-state index in [4.69, 9.17) is 5.73 Å². The number of ether oxygens (including phenoxy) is 1. The molecule has 0 aliphatic heterocycles. The number of hydrogen-bond acceptors (Lipinski definition) is 3. The maximum Gasteiger partial charge on any atom is 0.322 e. The number of esters is 1. The summed E-state index contributed by atoms with van der Waals surface area (Å²) < 4.78 is 4.25. The van der Waals surface area contributed by atoms with Crippen LogP contribution in [0.5, 0.6) is 0 Å². The van der Waals surface area contributed by atoms with E-state index in [1.165, 1.54) is 7.11 Å². The highest BCUT2D eigenvalue weighted by Crippen LogP contribution is 1.76. The fraction of sp³-hybridized carbons (Fsp3) is 0.800. The Hall–Kier alpha value is -0.570. The molecule has 0 saturated carbocycles. The first kappa shape index (κ1) is 10.4. The van der Waals surface area contributed by atoms with Gasteiger partial charge in [0.2, 0.25) is 0 Å². The molecule has 0 heterocycles. The van der Waals surface area contributed by atoms with E-state index in [9.17, 15) is 4.79 Å². The van der Waals surface area contributed by atoms with Gasteiger partial charge in [0.15, 0.2) is 0 Å². The third-order valence-electron chi connectivity index (χ3n) is 0.573. The van der Waals surface area contributed by atoms with Crippen LogP contribution in [0, 0.1) is 0 Å². The second kappa shape index (κ2) is 4.59. The lowest BCUT2D eigenvalue weighted by atomic mass is 10.4. The van der Waals surface area contributed by atoms with E-state index >= 15 is 0 Å². The summed E-state index contributed by atoms with van der Waals surface area (Å²) in [7, 11) is 1.31. The molecule has 0 radical (unpaired) electrons. The van der Waals surface area contributed by atoms with Crippen LogP contribution in [0.2, 0.25) is 0 Å². The van der Waals surface area contributed by atoms with Crippen LogP contribution in [0.1, 0.15) is 14.4 Å². The first-order valence-electron chi connectivity index (χ1n) is 2.02. The molecule has 0 aromatic carbocycles. The SMILES string of the molecule is C.COC(=O)C(C)N. The van der Waals surface area contributed by atoms with Gasteiger partial charge in [0, 0.05) is 0 Å². The van der Waals surface area contributed by atoms with Gasteiger partial charge < -0.3 is 10.5 Å². The Morgan fingerprint density at radius 1 is 1.75 bits per heavy atom. The molecule has 0 rings (SSSR count). The monoisotopic (exact) mass is 119 g/mol. The van der Waals surface area contributed by atoms with Crippen LogP contribution in [0.15, 0.2) is 0 Å². The van der Waals surface area contributed by atoms with Crippen molar-refractivity contribution < 1.29 is 9.53 Å². The minimum absolute atomic E-state index is 0. The van der Waals surface area contributed by atoms with E-state index in [0.29, 0.717) is 0 Å². The first-order valence-corrected chi connectivity index (χ1v) is 2.02.